The Morgan fingerprint density at radius 2 is 2.13 bits per heavy atom. The van der Waals surface area contributed by atoms with Gasteiger partial charge in [-0.2, -0.15) is 0 Å². The van der Waals surface area contributed by atoms with Crippen molar-refractivity contribution < 1.29 is 4.74 Å². The first-order valence-electron chi connectivity index (χ1n) is 5.12. The van der Waals surface area contributed by atoms with Crippen molar-refractivity contribution in [2.24, 2.45) is 0 Å². The molecule has 0 amide bonds. The van der Waals surface area contributed by atoms with Gasteiger partial charge in [0.2, 0.25) is 0 Å². The number of rotatable bonds is 6. The van der Waals surface area contributed by atoms with Crippen molar-refractivity contribution >= 4 is 0 Å². The van der Waals surface area contributed by atoms with E-state index in [1.165, 1.54) is 6.20 Å². The topological polar surface area (TPSA) is 75.0 Å². The highest BCUT2D eigenvalue weighted by Crippen LogP contribution is 1.96. The highest BCUT2D eigenvalue weighted by molar-refractivity contribution is 5.00. The molecule has 1 aromatic heterocycles. The van der Waals surface area contributed by atoms with Gasteiger partial charge in [0, 0.05) is 12.8 Å². The summed E-state index contributed by atoms with van der Waals surface area (Å²) in [5, 5.41) is 0. The summed E-state index contributed by atoms with van der Waals surface area (Å²) in [7, 11) is 0. The van der Waals surface area contributed by atoms with Crippen LogP contribution in [0.5, 0.6) is 0 Å². The number of nitrogens with one attached hydrogen (secondary N) is 2. The molecule has 0 saturated heterocycles. The van der Waals surface area contributed by atoms with E-state index in [-0.39, 0.29) is 12.2 Å². The fraction of sp³-hybridized carbons (Fsp3) is 0.600. The predicted octanol–water partition coefficient (Wildman–Crippen LogP) is 0.770. The molecule has 5 nitrogen and oxygen atoms in total. The van der Waals surface area contributed by atoms with Crippen LogP contribution in [0.15, 0.2) is 15.8 Å². The summed E-state index contributed by atoms with van der Waals surface area (Å²) in [4.78, 5) is 26.5. The Morgan fingerprint density at radius 3 is 2.80 bits per heavy atom. The van der Waals surface area contributed by atoms with Crippen molar-refractivity contribution in [2.75, 3.05) is 6.61 Å². The van der Waals surface area contributed by atoms with E-state index in [0.29, 0.717) is 12.2 Å². The molecule has 0 unspecified atom stereocenters. The lowest BCUT2D eigenvalue weighted by Crippen LogP contribution is -2.24. The van der Waals surface area contributed by atoms with Crippen LogP contribution >= 0.6 is 0 Å². The van der Waals surface area contributed by atoms with Gasteiger partial charge in [0.15, 0.2) is 0 Å². The van der Waals surface area contributed by atoms with E-state index in [1.807, 2.05) is 0 Å². The molecule has 5 heteroatoms. The van der Waals surface area contributed by atoms with E-state index in [0.717, 1.165) is 19.3 Å². The minimum absolute atomic E-state index is 0.246. The van der Waals surface area contributed by atoms with Gasteiger partial charge in [0.05, 0.1) is 12.2 Å². The van der Waals surface area contributed by atoms with Crippen molar-refractivity contribution in [3.63, 3.8) is 0 Å². The van der Waals surface area contributed by atoms with Crippen molar-refractivity contribution in [1.29, 1.82) is 0 Å². The summed E-state index contributed by atoms with van der Waals surface area (Å²) in [5.74, 6) is 0. The van der Waals surface area contributed by atoms with Gasteiger partial charge < -0.3 is 9.72 Å². The molecule has 0 fully saturated rings. The third-order valence-electron chi connectivity index (χ3n) is 2.05. The minimum Gasteiger partial charge on any atom is -0.377 e. The molecule has 0 spiro atoms. The quantitative estimate of drug-likeness (QED) is 0.684. The zero-order chi connectivity index (χ0) is 11.1. The van der Waals surface area contributed by atoms with Crippen LogP contribution in [0.3, 0.4) is 0 Å². The molecule has 0 aromatic carbocycles. The molecule has 0 radical (unpaired) electrons. The van der Waals surface area contributed by atoms with Gasteiger partial charge in [0.1, 0.15) is 0 Å². The van der Waals surface area contributed by atoms with E-state index in [4.69, 9.17) is 4.74 Å². The van der Waals surface area contributed by atoms with E-state index >= 15 is 0 Å². The summed E-state index contributed by atoms with van der Waals surface area (Å²) in [5.41, 5.74) is -0.421. The zero-order valence-electron chi connectivity index (χ0n) is 8.84. The number of hydrogen-bond acceptors (Lipinski definition) is 3. The average Bonchev–Trinajstić information content (AvgIpc) is 2.20. The highest BCUT2D eigenvalue weighted by Gasteiger charge is 1.99. The predicted molar refractivity (Wildman–Crippen MR) is 56.9 cm³/mol. The van der Waals surface area contributed by atoms with Gasteiger partial charge in [-0.1, -0.05) is 19.8 Å². The van der Waals surface area contributed by atoms with Crippen LogP contribution in [-0.4, -0.2) is 16.6 Å². The summed E-state index contributed by atoms with van der Waals surface area (Å²) in [6, 6.07) is 0. The Morgan fingerprint density at radius 1 is 1.33 bits per heavy atom. The van der Waals surface area contributed by atoms with Crippen LogP contribution in [0.1, 0.15) is 31.7 Å². The molecule has 0 atom stereocenters. The molecule has 15 heavy (non-hydrogen) atoms. The van der Waals surface area contributed by atoms with Gasteiger partial charge >= 0.3 is 5.69 Å². The molecule has 0 saturated carbocycles. The maximum atomic E-state index is 11.2. The number of ether oxygens (including phenoxy) is 1. The zero-order valence-corrected chi connectivity index (χ0v) is 8.84. The van der Waals surface area contributed by atoms with Gasteiger partial charge in [-0.05, 0) is 6.42 Å². The normalized spacial score (nSPS) is 10.5. The Hall–Kier alpha value is -1.36. The van der Waals surface area contributed by atoms with Crippen LogP contribution < -0.4 is 11.2 Å². The Kier molecular flexibility index (Phi) is 4.83. The summed E-state index contributed by atoms with van der Waals surface area (Å²) >= 11 is 0. The molecule has 1 heterocycles. The molecular weight excluding hydrogens is 196 g/mol. The third-order valence-corrected chi connectivity index (χ3v) is 2.05. The minimum atomic E-state index is -0.491. The van der Waals surface area contributed by atoms with Crippen molar-refractivity contribution in [3.8, 4) is 0 Å². The smallest absolute Gasteiger partial charge is 0.325 e. The Labute approximate surface area is 87.5 Å². The Balaban J connectivity index is 2.38. The summed E-state index contributed by atoms with van der Waals surface area (Å²) < 4.78 is 5.30. The molecule has 2 N–H and O–H groups in total. The highest BCUT2D eigenvalue weighted by atomic mass is 16.5. The first-order chi connectivity index (χ1) is 7.24. The molecule has 1 rings (SSSR count). The van der Waals surface area contributed by atoms with Crippen LogP contribution in [0.4, 0.5) is 0 Å². The van der Waals surface area contributed by atoms with Crippen LogP contribution in [-0.2, 0) is 11.3 Å². The number of unbranched alkanes of at least 4 members (excludes halogenated alkanes) is 2. The lowest BCUT2D eigenvalue weighted by molar-refractivity contribution is 0.116. The average molecular weight is 212 g/mol. The maximum absolute atomic E-state index is 11.2. The molecule has 0 aliphatic heterocycles. The molecule has 0 aliphatic rings. The second-order valence-corrected chi connectivity index (χ2v) is 3.36. The Bertz CT molecular complexity index is 394. The van der Waals surface area contributed by atoms with Gasteiger partial charge in [-0.25, -0.2) is 4.79 Å². The molecular formula is C10H16N2O3. The van der Waals surface area contributed by atoms with Crippen molar-refractivity contribution in [1.82, 2.24) is 9.97 Å². The second kappa shape index (κ2) is 6.19. The van der Waals surface area contributed by atoms with Crippen LogP contribution in [0.2, 0.25) is 0 Å². The van der Waals surface area contributed by atoms with Crippen molar-refractivity contribution in [2.45, 2.75) is 32.8 Å². The fourth-order valence-corrected chi connectivity index (χ4v) is 1.18. The lowest BCUT2D eigenvalue weighted by atomic mass is 10.3. The molecule has 84 valence electrons. The number of hydrogen-bond donors (Lipinski definition) is 2. The third kappa shape index (κ3) is 4.12. The summed E-state index contributed by atoms with van der Waals surface area (Å²) in [6.45, 7) is 3.01. The number of aromatic amines is 2. The molecule has 1 aromatic rings. The number of aromatic nitrogens is 2. The summed E-state index contributed by atoms with van der Waals surface area (Å²) in [6.07, 6.45) is 4.66. The first kappa shape index (κ1) is 11.7. The van der Waals surface area contributed by atoms with E-state index in [9.17, 15) is 9.59 Å². The number of H-pyrrole nitrogens is 2. The largest absolute Gasteiger partial charge is 0.377 e. The monoisotopic (exact) mass is 212 g/mol. The molecule has 0 bridgehead atoms. The van der Waals surface area contributed by atoms with Gasteiger partial charge in [-0.15, -0.1) is 0 Å². The van der Waals surface area contributed by atoms with Crippen LogP contribution in [0, 0.1) is 0 Å². The van der Waals surface area contributed by atoms with E-state index in [2.05, 4.69) is 16.9 Å². The van der Waals surface area contributed by atoms with E-state index in [1.54, 1.807) is 0 Å². The standard InChI is InChI=1S/C10H16N2O3/c1-2-3-4-5-15-7-8-6-11-10(14)12-9(8)13/h6H,2-5,7H2,1H3,(H2,11,12,13,14). The fourth-order valence-electron chi connectivity index (χ4n) is 1.18. The van der Waals surface area contributed by atoms with Gasteiger partial charge in [-0.3, -0.25) is 9.78 Å². The first-order valence-corrected chi connectivity index (χ1v) is 5.12. The maximum Gasteiger partial charge on any atom is 0.325 e. The van der Waals surface area contributed by atoms with Crippen LogP contribution in [0.25, 0.3) is 0 Å². The van der Waals surface area contributed by atoms with E-state index < -0.39 is 5.69 Å². The van der Waals surface area contributed by atoms with Gasteiger partial charge in [0.25, 0.3) is 5.56 Å². The SMILES string of the molecule is CCCCCOCc1c[nH]c(=O)[nH]c1=O. The second-order valence-electron chi connectivity index (χ2n) is 3.36. The molecule has 0 aliphatic carbocycles. The van der Waals surface area contributed by atoms with Crippen molar-refractivity contribution in [3.05, 3.63) is 32.6 Å². The lowest BCUT2D eigenvalue weighted by Gasteiger charge is -2.02.